The van der Waals surface area contributed by atoms with E-state index in [4.69, 9.17) is 4.74 Å². The molecule has 0 heterocycles. The fourth-order valence-electron chi connectivity index (χ4n) is 7.35. The summed E-state index contributed by atoms with van der Waals surface area (Å²) in [7, 11) is -4.28. The number of rotatable bonds is 16. The Morgan fingerprint density at radius 3 is 1.74 bits per heavy atom. The predicted molar refractivity (Wildman–Crippen MR) is 199 cm³/mol. The van der Waals surface area contributed by atoms with Gasteiger partial charge in [0.15, 0.2) is 0 Å². The van der Waals surface area contributed by atoms with Crippen LogP contribution in [0.4, 0.5) is 0 Å². The fraction of sp³-hybridized carbons (Fsp3) is 0.524. The molecule has 0 aromatic heterocycles. The molecule has 3 rings (SSSR count). The van der Waals surface area contributed by atoms with Crippen LogP contribution >= 0.6 is 7.14 Å². The molecule has 5 heteroatoms. The summed E-state index contributed by atoms with van der Waals surface area (Å²) in [4.78, 5) is 29.2. The van der Waals surface area contributed by atoms with E-state index in [9.17, 15) is 9.59 Å². The molecule has 4 nitrogen and oxygen atoms in total. The maximum atomic E-state index is 15.2. The van der Waals surface area contributed by atoms with E-state index in [1.165, 1.54) is 0 Å². The average molecular weight is 659 g/mol. The fourth-order valence-corrected chi connectivity index (χ4v) is 9.92. The highest BCUT2D eigenvalue weighted by atomic mass is 31.2. The van der Waals surface area contributed by atoms with Gasteiger partial charge in [0.1, 0.15) is 0 Å². The van der Waals surface area contributed by atoms with Gasteiger partial charge in [0.2, 0.25) is 18.2 Å². The van der Waals surface area contributed by atoms with E-state index in [0.717, 1.165) is 71.0 Å². The minimum atomic E-state index is -4.28. The normalized spacial score (nSPS) is 14.1. The molecule has 47 heavy (non-hydrogen) atoms. The summed E-state index contributed by atoms with van der Waals surface area (Å²) in [6.07, 6.45) is 5.55. The zero-order valence-electron chi connectivity index (χ0n) is 31.2. The maximum absolute atomic E-state index is 15.2. The number of hydrogen-bond donors (Lipinski definition) is 0. The van der Waals surface area contributed by atoms with Crippen molar-refractivity contribution in [2.75, 3.05) is 6.61 Å². The van der Waals surface area contributed by atoms with E-state index in [-0.39, 0.29) is 16.1 Å². The second kappa shape index (κ2) is 15.6. The van der Waals surface area contributed by atoms with Gasteiger partial charge in [-0.1, -0.05) is 121 Å². The molecule has 2 atom stereocenters. The first-order chi connectivity index (χ1) is 22.0. The van der Waals surface area contributed by atoms with Crippen molar-refractivity contribution in [3.05, 3.63) is 98.6 Å². The minimum absolute atomic E-state index is 0.166. The van der Waals surface area contributed by atoms with E-state index in [2.05, 4.69) is 41.5 Å². The van der Waals surface area contributed by atoms with E-state index >= 15 is 4.57 Å². The van der Waals surface area contributed by atoms with Crippen molar-refractivity contribution in [3.63, 3.8) is 0 Å². The Balaban J connectivity index is 2.09. The molecule has 0 aliphatic rings. The highest BCUT2D eigenvalue weighted by Gasteiger charge is 2.45. The Labute approximate surface area is 285 Å². The number of hydrogen-bond acceptors (Lipinski definition) is 4. The van der Waals surface area contributed by atoms with Gasteiger partial charge in [-0.05, 0) is 98.1 Å². The summed E-state index contributed by atoms with van der Waals surface area (Å²) in [5, 5.41) is 0.266. The molecule has 0 radical (unpaired) electrons. The van der Waals surface area contributed by atoms with Gasteiger partial charge in [-0.25, -0.2) is 0 Å². The first-order valence-electron chi connectivity index (χ1n) is 17.5. The van der Waals surface area contributed by atoms with E-state index in [1.54, 1.807) is 24.3 Å². The molecule has 0 aliphatic carbocycles. The Morgan fingerprint density at radius 1 is 0.723 bits per heavy atom. The lowest BCUT2D eigenvalue weighted by atomic mass is 9.65. The summed E-state index contributed by atoms with van der Waals surface area (Å²) >= 11 is 0. The van der Waals surface area contributed by atoms with Gasteiger partial charge in [-0.15, -0.1) is 0 Å². The van der Waals surface area contributed by atoms with Crippen LogP contribution < -0.4 is 5.30 Å². The first-order valence-corrected chi connectivity index (χ1v) is 19.2. The molecule has 0 aliphatic heterocycles. The second-order valence-electron chi connectivity index (χ2n) is 14.6. The smallest absolute Gasteiger partial charge is 0.248 e. The van der Waals surface area contributed by atoms with Crippen LogP contribution in [0.1, 0.15) is 133 Å². The second-order valence-corrected chi connectivity index (χ2v) is 17.2. The summed E-state index contributed by atoms with van der Waals surface area (Å²) < 4.78 is 21.8. The number of carbonyl (C=O) groups excluding carboxylic acids is 2. The van der Waals surface area contributed by atoms with Crippen LogP contribution in [0.5, 0.6) is 0 Å². The molecule has 0 spiro atoms. The molecule has 0 N–H and O–H groups in total. The first kappa shape index (κ1) is 38.6. The van der Waals surface area contributed by atoms with Gasteiger partial charge >= 0.3 is 0 Å². The third-order valence-electron chi connectivity index (χ3n) is 11.5. The van der Waals surface area contributed by atoms with E-state index < -0.39 is 18.2 Å². The van der Waals surface area contributed by atoms with Crippen molar-refractivity contribution in [2.24, 2.45) is 16.7 Å². The van der Waals surface area contributed by atoms with Crippen molar-refractivity contribution < 1.29 is 18.9 Å². The Hall–Kier alpha value is -2.81. The minimum Gasteiger partial charge on any atom is -0.376 e. The zero-order chi connectivity index (χ0) is 35.3. The standard InChI is InChI=1S/C42H59O4P/c1-13-41(11,14-2)25-34(42(12,15-3)16-4)26-46-27-36-29(6)24-32(9)38(33(36)10)40(44)47(45,35-20-18-17-19-21-35)39(43)37-30(7)22-28(5)23-31(37)8/h17-24,34H,13-16,25-27H2,1-12H3. The number of aryl methyl sites for hydroxylation is 5. The third-order valence-corrected chi connectivity index (χ3v) is 14.2. The molecule has 3 aromatic rings. The van der Waals surface area contributed by atoms with Crippen LogP contribution in [-0.4, -0.2) is 17.7 Å². The van der Waals surface area contributed by atoms with Crippen LogP contribution in [0.3, 0.4) is 0 Å². The van der Waals surface area contributed by atoms with Gasteiger partial charge in [0.25, 0.3) is 0 Å². The lowest BCUT2D eigenvalue weighted by Crippen LogP contribution is -2.34. The molecule has 2 unspecified atom stereocenters. The monoisotopic (exact) mass is 658 g/mol. The van der Waals surface area contributed by atoms with Crippen LogP contribution in [0.15, 0.2) is 48.5 Å². The summed E-state index contributed by atoms with van der Waals surface area (Å²) in [5.74, 6) is 0.395. The molecule has 256 valence electrons. The highest BCUT2D eigenvalue weighted by Crippen LogP contribution is 2.53. The van der Waals surface area contributed by atoms with Crippen LogP contribution in [0.2, 0.25) is 0 Å². The van der Waals surface area contributed by atoms with Gasteiger partial charge < -0.3 is 9.30 Å². The number of benzene rings is 3. The maximum Gasteiger partial charge on any atom is 0.248 e. The highest BCUT2D eigenvalue weighted by molar-refractivity contribution is 8.01. The molecule has 0 saturated carbocycles. The molecule has 0 amide bonds. The predicted octanol–water partition coefficient (Wildman–Crippen LogP) is 11.4. The van der Waals surface area contributed by atoms with E-state index in [1.807, 2.05) is 65.8 Å². The van der Waals surface area contributed by atoms with Crippen LogP contribution in [0, 0.1) is 58.3 Å². The molecule has 3 aromatic carbocycles. The Morgan fingerprint density at radius 2 is 1.23 bits per heavy atom. The topological polar surface area (TPSA) is 60.4 Å². The van der Waals surface area contributed by atoms with Crippen molar-refractivity contribution in [3.8, 4) is 0 Å². The lowest BCUT2D eigenvalue weighted by Gasteiger charge is -2.41. The van der Waals surface area contributed by atoms with Gasteiger partial charge in [0.05, 0.1) is 13.2 Å². The van der Waals surface area contributed by atoms with E-state index in [0.29, 0.717) is 30.3 Å². The van der Waals surface area contributed by atoms with Gasteiger partial charge in [-0.3, -0.25) is 9.59 Å². The molecular formula is C42H59O4P. The largest absolute Gasteiger partial charge is 0.376 e. The average Bonchev–Trinajstić information content (AvgIpc) is 3.04. The lowest BCUT2D eigenvalue weighted by molar-refractivity contribution is 0.00155. The van der Waals surface area contributed by atoms with Crippen LogP contribution in [-0.2, 0) is 15.9 Å². The van der Waals surface area contributed by atoms with Crippen LogP contribution in [0.25, 0.3) is 0 Å². The van der Waals surface area contributed by atoms with Crippen molar-refractivity contribution in [1.82, 2.24) is 0 Å². The summed E-state index contributed by atoms with van der Waals surface area (Å²) in [6, 6.07) is 14.4. The Bertz CT molecular complexity index is 1600. The number of ether oxygens (including phenoxy) is 1. The summed E-state index contributed by atoms with van der Waals surface area (Å²) in [5.41, 5.74) is 5.84. The molecule has 0 saturated heterocycles. The van der Waals surface area contributed by atoms with Gasteiger partial charge in [0, 0.05) is 16.4 Å². The molecule has 0 bridgehead atoms. The quantitative estimate of drug-likeness (QED) is 0.144. The molecule has 0 fully saturated rings. The Kier molecular flexibility index (Phi) is 12.8. The van der Waals surface area contributed by atoms with Crippen molar-refractivity contribution >= 4 is 23.5 Å². The zero-order valence-corrected chi connectivity index (χ0v) is 32.1. The summed E-state index contributed by atoms with van der Waals surface area (Å²) in [6.45, 7) is 26.4. The van der Waals surface area contributed by atoms with Crippen molar-refractivity contribution in [1.29, 1.82) is 0 Å². The van der Waals surface area contributed by atoms with Crippen molar-refractivity contribution in [2.45, 2.75) is 122 Å². The number of carbonyl (C=O) groups is 2. The van der Waals surface area contributed by atoms with Gasteiger partial charge in [-0.2, -0.15) is 0 Å². The molecular weight excluding hydrogens is 599 g/mol. The SMILES string of the molecule is CCC(C)(CC)CC(COCc1c(C)cc(C)c(C(=O)P(=O)(C(=O)c2c(C)cc(C)cc2C)c2ccccc2)c1C)C(C)(CC)CC. The third kappa shape index (κ3) is 7.92.